The van der Waals surface area contributed by atoms with Crippen molar-refractivity contribution in [2.45, 2.75) is 32.7 Å². The molecule has 1 aliphatic heterocycles. The van der Waals surface area contributed by atoms with Gasteiger partial charge in [-0.15, -0.1) is 0 Å². The first-order valence-corrected chi connectivity index (χ1v) is 13.6. The van der Waals surface area contributed by atoms with Crippen molar-refractivity contribution < 1.29 is 19.1 Å². The summed E-state index contributed by atoms with van der Waals surface area (Å²) in [7, 11) is 1.54. The number of allylic oxidation sites excluding steroid dienone is 1. The first-order valence-electron chi connectivity index (χ1n) is 12.8. The highest BCUT2D eigenvalue weighted by molar-refractivity contribution is 9.10. The minimum atomic E-state index is -0.478. The van der Waals surface area contributed by atoms with Crippen LogP contribution in [-0.4, -0.2) is 23.8 Å². The highest BCUT2D eigenvalue weighted by Crippen LogP contribution is 2.52. The molecular formula is C32H27BrN2O4. The molecule has 4 aromatic rings. The van der Waals surface area contributed by atoms with Crippen molar-refractivity contribution in [1.29, 1.82) is 0 Å². The van der Waals surface area contributed by atoms with Crippen molar-refractivity contribution in [1.82, 2.24) is 4.98 Å². The van der Waals surface area contributed by atoms with Crippen LogP contribution in [0.15, 0.2) is 83.0 Å². The SMILES string of the molecule is COc1cc([C@@H]2Nc3ccc4ncccc4c3C3=C2C(=O)CC(C)(C)C3)ccc1OC(=O)c1ccc(Br)cc1. The zero-order valence-corrected chi connectivity index (χ0v) is 23.5. The Labute approximate surface area is 235 Å². The molecule has 2 heterocycles. The number of fused-ring (bicyclic) bond motifs is 4. The van der Waals surface area contributed by atoms with Crippen molar-refractivity contribution in [2.24, 2.45) is 5.41 Å². The van der Waals surface area contributed by atoms with Crippen LogP contribution in [0.25, 0.3) is 16.5 Å². The number of hydrogen-bond donors (Lipinski definition) is 1. The molecule has 0 spiro atoms. The van der Waals surface area contributed by atoms with Crippen molar-refractivity contribution in [3.8, 4) is 11.5 Å². The second-order valence-electron chi connectivity index (χ2n) is 10.8. The van der Waals surface area contributed by atoms with Crippen LogP contribution >= 0.6 is 15.9 Å². The van der Waals surface area contributed by atoms with Gasteiger partial charge >= 0.3 is 5.97 Å². The largest absolute Gasteiger partial charge is 0.493 e. The molecule has 0 bridgehead atoms. The molecule has 0 unspecified atom stereocenters. The summed E-state index contributed by atoms with van der Waals surface area (Å²) in [4.78, 5) is 31.0. The van der Waals surface area contributed by atoms with Gasteiger partial charge in [-0.1, -0.05) is 41.9 Å². The van der Waals surface area contributed by atoms with Gasteiger partial charge in [-0.3, -0.25) is 9.78 Å². The third-order valence-corrected chi connectivity index (χ3v) is 7.93. The second-order valence-corrected chi connectivity index (χ2v) is 11.7. The van der Waals surface area contributed by atoms with E-state index in [1.807, 2.05) is 30.3 Å². The summed E-state index contributed by atoms with van der Waals surface area (Å²) < 4.78 is 12.2. The Hall–Kier alpha value is -3.97. The molecule has 0 saturated heterocycles. The van der Waals surface area contributed by atoms with Gasteiger partial charge < -0.3 is 14.8 Å². The predicted molar refractivity (Wildman–Crippen MR) is 155 cm³/mol. The first-order chi connectivity index (χ1) is 18.7. The summed E-state index contributed by atoms with van der Waals surface area (Å²) in [6, 6.07) is 20.1. The number of Topliss-reactive ketones (excluding diaryl/α,β-unsaturated/α-hetero) is 1. The van der Waals surface area contributed by atoms with Gasteiger partial charge in [0.25, 0.3) is 0 Å². The molecule has 2 aliphatic rings. The van der Waals surface area contributed by atoms with Crippen LogP contribution in [0.1, 0.15) is 54.2 Å². The van der Waals surface area contributed by atoms with Crippen molar-refractivity contribution in [3.63, 3.8) is 0 Å². The first kappa shape index (κ1) is 25.3. The number of hydrogen-bond acceptors (Lipinski definition) is 6. The van der Waals surface area contributed by atoms with E-state index in [1.165, 1.54) is 7.11 Å². The van der Waals surface area contributed by atoms with Gasteiger partial charge in [0.05, 0.1) is 24.2 Å². The molecule has 3 aromatic carbocycles. The van der Waals surface area contributed by atoms with E-state index in [-0.39, 0.29) is 17.2 Å². The number of nitrogens with zero attached hydrogens (tertiary/aromatic N) is 1. The smallest absolute Gasteiger partial charge is 0.343 e. The summed E-state index contributed by atoms with van der Waals surface area (Å²) >= 11 is 3.38. The molecule has 7 heteroatoms. The maximum absolute atomic E-state index is 13.7. The summed E-state index contributed by atoms with van der Waals surface area (Å²) in [5.41, 5.74) is 5.90. The lowest BCUT2D eigenvalue weighted by Gasteiger charge is -2.40. The number of methoxy groups -OCH3 is 1. The van der Waals surface area contributed by atoms with Gasteiger partial charge in [0, 0.05) is 39.3 Å². The fourth-order valence-electron chi connectivity index (χ4n) is 5.66. The Balaban J connectivity index is 1.42. The van der Waals surface area contributed by atoms with Crippen molar-refractivity contribution >= 4 is 49.8 Å². The summed E-state index contributed by atoms with van der Waals surface area (Å²) in [5, 5.41) is 4.66. The number of rotatable bonds is 4. The Kier molecular flexibility index (Phi) is 6.26. The molecular weight excluding hydrogens is 556 g/mol. The van der Waals surface area contributed by atoms with Crippen LogP contribution < -0.4 is 14.8 Å². The number of ether oxygens (including phenoxy) is 2. The van der Waals surface area contributed by atoms with E-state index in [9.17, 15) is 9.59 Å². The molecule has 0 saturated carbocycles. The highest BCUT2D eigenvalue weighted by Gasteiger charge is 2.41. The number of anilines is 1. The van der Waals surface area contributed by atoms with Crippen molar-refractivity contribution in [2.75, 3.05) is 12.4 Å². The Morgan fingerprint density at radius 3 is 2.59 bits per heavy atom. The zero-order chi connectivity index (χ0) is 27.3. The topological polar surface area (TPSA) is 77.5 Å². The minimum Gasteiger partial charge on any atom is -0.493 e. The van der Waals surface area contributed by atoms with E-state index in [2.05, 4.69) is 46.1 Å². The monoisotopic (exact) mass is 582 g/mol. The number of benzene rings is 3. The second kappa shape index (κ2) is 9.65. The Morgan fingerprint density at radius 1 is 1.03 bits per heavy atom. The quantitative estimate of drug-likeness (QED) is 0.198. The van der Waals surface area contributed by atoms with Gasteiger partial charge in [0.2, 0.25) is 0 Å². The zero-order valence-electron chi connectivity index (χ0n) is 21.9. The molecule has 196 valence electrons. The molecule has 1 N–H and O–H groups in total. The fourth-order valence-corrected chi connectivity index (χ4v) is 5.93. The van der Waals surface area contributed by atoms with E-state index < -0.39 is 5.97 Å². The van der Waals surface area contributed by atoms with E-state index >= 15 is 0 Å². The molecule has 0 amide bonds. The Morgan fingerprint density at radius 2 is 1.82 bits per heavy atom. The lowest BCUT2D eigenvalue weighted by Crippen LogP contribution is -2.33. The fraction of sp³-hybridized carbons (Fsp3) is 0.219. The minimum absolute atomic E-state index is 0.134. The number of aromatic nitrogens is 1. The number of ketones is 1. The van der Waals surface area contributed by atoms with Gasteiger partial charge in [-0.25, -0.2) is 4.79 Å². The van der Waals surface area contributed by atoms with Crippen LogP contribution in [-0.2, 0) is 4.79 Å². The third kappa shape index (κ3) is 4.61. The van der Waals surface area contributed by atoms with Gasteiger partial charge in [0.15, 0.2) is 17.3 Å². The molecule has 6 nitrogen and oxygen atoms in total. The summed E-state index contributed by atoms with van der Waals surface area (Å²) in [5.74, 6) is 0.384. The van der Waals surface area contributed by atoms with Crippen LogP contribution in [0.5, 0.6) is 11.5 Å². The molecule has 6 rings (SSSR count). The number of carbonyl (C=O) groups excluding carboxylic acids is 2. The number of nitrogens with one attached hydrogen (secondary N) is 1. The maximum Gasteiger partial charge on any atom is 0.343 e. The number of pyridine rings is 1. The maximum atomic E-state index is 13.7. The molecule has 1 aliphatic carbocycles. The standard InChI is InChI=1S/C32H27BrN2O4/c1-32(2)16-22-28-21-5-4-14-34-23(21)11-12-24(28)35-30(29(22)25(36)17-32)19-8-13-26(27(15-19)38-3)39-31(37)18-6-9-20(33)10-7-18/h4-15,30,35H,16-17H2,1-3H3/t30-/m0/s1. The Bertz CT molecular complexity index is 1670. The van der Waals surface area contributed by atoms with Crippen LogP contribution in [0.4, 0.5) is 5.69 Å². The van der Waals surface area contributed by atoms with Gasteiger partial charge in [0.1, 0.15) is 0 Å². The molecule has 1 aromatic heterocycles. The number of esters is 1. The van der Waals surface area contributed by atoms with E-state index in [0.717, 1.165) is 49.8 Å². The van der Waals surface area contributed by atoms with Crippen LogP contribution in [0.2, 0.25) is 0 Å². The molecule has 0 radical (unpaired) electrons. The number of halogens is 1. The highest BCUT2D eigenvalue weighted by atomic mass is 79.9. The molecule has 39 heavy (non-hydrogen) atoms. The number of carbonyl (C=O) groups is 2. The van der Waals surface area contributed by atoms with Crippen molar-refractivity contribution in [3.05, 3.63) is 99.7 Å². The van der Waals surface area contributed by atoms with Gasteiger partial charge in [-0.2, -0.15) is 0 Å². The van der Waals surface area contributed by atoms with Crippen LogP contribution in [0, 0.1) is 5.41 Å². The van der Waals surface area contributed by atoms with E-state index in [1.54, 1.807) is 36.5 Å². The predicted octanol–water partition coefficient (Wildman–Crippen LogP) is 7.53. The molecule has 0 fully saturated rings. The van der Waals surface area contributed by atoms with E-state index in [4.69, 9.17) is 9.47 Å². The third-order valence-electron chi connectivity index (χ3n) is 7.40. The van der Waals surface area contributed by atoms with E-state index in [0.29, 0.717) is 23.5 Å². The van der Waals surface area contributed by atoms with Crippen LogP contribution in [0.3, 0.4) is 0 Å². The molecule has 1 atom stereocenters. The average Bonchev–Trinajstić information content (AvgIpc) is 2.92. The van der Waals surface area contributed by atoms with Gasteiger partial charge in [-0.05, 0) is 77.6 Å². The summed E-state index contributed by atoms with van der Waals surface area (Å²) in [6.45, 7) is 4.29. The average molecular weight is 583 g/mol. The lowest BCUT2D eigenvalue weighted by atomic mass is 9.68. The summed E-state index contributed by atoms with van der Waals surface area (Å²) in [6.07, 6.45) is 3.05. The normalized spacial score (nSPS) is 17.7. The lowest BCUT2D eigenvalue weighted by molar-refractivity contribution is -0.118.